The third kappa shape index (κ3) is 4.15. The Morgan fingerprint density at radius 1 is 1.12 bits per heavy atom. The molecule has 10 heteroatoms. The van der Waals surface area contributed by atoms with E-state index in [0.717, 1.165) is 28.9 Å². The maximum atomic E-state index is 12.8. The molecule has 7 nitrogen and oxygen atoms in total. The number of amidine groups is 3. The maximum absolute atomic E-state index is 12.8. The van der Waals surface area contributed by atoms with Gasteiger partial charge in [-0.2, -0.15) is 14.5 Å². The Morgan fingerprint density at radius 3 is 2.55 bits per heavy atom. The summed E-state index contributed by atoms with van der Waals surface area (Å²) in [4.78, 5) is 18.5. The van der Waals surface area contributed by atoms with Crippen LogP contribution in [0.1, 0.15) is 16.8 Å². The summed E-state index contributed by atoms with van der Waals surface area (Å²) in [7, 11) is 0. The van der Waals surface area contributed by atoms with E-state index in [4.69, 9.17) is 17.0 Å². The SMILES string of the molecule is Cc1c(C=C2C(=N)N3C(SCc4ccccc4)=NSC3=NC2=O)c(Cl)nn1-c1ccccc1. The first-order valence-corrected chi connectivity index (χ1v) is 12.1. The van der Waals surface area contributed by atoms with E-state index in [1.54, 1.807) is 15.7 Å². The van der Waals surface area contributed by atoms with Crippen LogP contribution in [0.25, 0.3) is 11.8 Å². The summed E-state index contributed by atoms with van der Waals surface area (Å²) in [6, 6.07) is 19.6. The highest BCUT2D eigenvalue weighted by Gasteiger charge is 2.37. The molecule has 0 bridgehead atoms. The number of thioether (sulfide) groups is 1. The number of amides is 1. The Balaban J connectivity index is 1.45. The van der Waals surface area contributed by atoms with Gasteiger partial charge in [0.15, 0.2) is 10.3 Å². The number of aromatic nitrogens is 2. The Hall–Kier alpha value is -3.14. The van der Waals surface area contributed by atoms with Crippen LogP contribution in [0.4, 0.5) is 0 Å². The first kappa shape index (κ1) is 21.7. The van der Waals surface area contributed by atoms with Crippen LogP contribution in [0.5, 0.6) is 0 Å². The lowest BCUT2D eigenvalue weighted by Crippen LogP contribution is -2.41. The molecule has 2 aromatic carbocycles. The van der Waals surface area contributed by atoms with Crippen LogP contribution in [0, 0.1) is 12.3 Å². The molecule has 0 saturated carbocycles. The van der Waals surface area contributed by atoms with E-state index >= 15 is 0 Å². The first-order chi connectivity index (χ1) is 16.0. The number of carbonyl (C=O) groups is 1. The van der Waals surface area contributed by atoms with Crippen molar-refractivity contribution in [3.63, 3.8) is 0 Å². The van der Waals surface area contributed by atoms with E-state index in [2.05, 4.69) is 14.5 Å². The minimum atomic E-state index is -0.494. The van der Waals surface area contributed by atoms with E-state index in [9.17, 15) is 4.79 Å². The van der Waals surface area contributed by atoms with Crippen molar-refractivity contribution < 1.29 is 4.79 Å². The van der Waals surface area contributed by atoms with E-state index < -0.39 is 5.91 Å². The molecular weight excluding hydrogens is 476 g/mol. The van der Waals surface area contributed by atoms with E-state index in [1.807, 2.05) is 67.6 Å². The molecule has 2 aliphatic heterocycles. The zero-order chi connectivity index (χ0) is 22.9. The van der Waals surface area contributed by atoms with Crippen molar-refractivity contribution in [2.75, 3.05) is 0 Å². The third-order valence-corrected chi connectivity index (χ3v) is 7.22. The molecule has 0 fully saturated rings. The smallest absolute Gasteiger partial charge is 0.283 e. The van der Waals surface area contributed by atoms with Crippen LogP contribution in [-0.4, -0.2) is 36.8 Å². The minimum Gasteiger partial charge on any atom is -0.283 e. The van der Waals surface area contributed by atoms with Crippen molar-refractivity contribution in [2.45, 2.75) is 12.7 Å². The van der Waals surface area contributed by atoms with Crippen LogP contribution in [0.2, 0.25) is 5.15 Å². The number of nitrogens with one attached hydrogen (secondary N) is 1. The van der Waals surface area contributed by atoms with Gasteiger partial charge in [0.05, 0.1) is 23.2 Å². The van der Waals surface area contributed by atoms with Crippen molar-refractivity contribution in [2.24, 2.45) is 9.39 Å². The molecular formula is C23H17ClN6OS2. The predicted octanol–water partition coefficient (Wildman–Crippen LogP) is 5.34. The highest BCUT2D eigenvalue weighted by Crippen LogP contribution is 2.34. The number of hydrogen-bond donors (Lipinski definition) is 1. The van der Waals surface area contributed by atoms with Gasteiger partial charge in [0.1, 0.15) is 5.84 Å². The van der Waals surface area contributed by atoms with Gasteiger partial charge >= 0.3 is 0 Å². The molecule has 164 valence electrons. The van der Waals surface area contributed by atoms with Gasteiger partial charge < -0.3 is 0 Å². The molecule has 0 unspecified atom stereocenters. The average Bonchev–Trinajstić information content (AvgIpc) is 3.36. The lowest BCUT2D eigenvalue weighted by atomic mass is 10.1. The van der Waals surface area contributed by atoms with Gasteiger partial charge in [-0.15, -0.1) is 0 Å². The zero-order valence-corrected chi connectivity index (χ0v) is 19.8. The number of rotatable bonds is 4. The Morgan fingerprint density at radius 2 is 1.82 bits per heavy atom. The van der Waals surface area contributed by atoms with Gasteiger partial charge in [-0.05, 0) is 30.7 Å². The van der Waals surface area contributed by atoms with Crippen LogP contribution in [0.3, 0.4) is 0 Å². The molecule has 33 heavy (non-hydrogen) atoms. The molecule has 0 radical (unpaired) electrons. The van der Waals surface area contributed by atoms with E-state index in [0.29, 0.717) is 21.7 Å². The standard InChI is InChI=1S/C23H17ClN6OS2/c1-14-17(19(24)27-30(14)16-10-6-3-7-11-16)12-18-20(25)29-22(26-21(18)31)33-28-23(29)32-13-15-8-4-2-5-9-15/h2-12,25H,13H2,1H3. The minimum absolute atomic E-state index is 0.0252. The Bertz CT molecular complexity index is 1350. The fraction of sp³-hybridized carbons (Fsp3) is 0.0870. The van der Waals surface area contributed by atoms with Gasteiger partial charge in [-0.3, -0.25) is 10.2 Å². The molecule has 1 aromatic heterocycles. The molecule has 0 aliphatic carbocycles. The molecule has 1 N–H and O–H groups in total. The molecule has 1 amide bonds. The van der Waals surface area contributed by atoms with Crippen molar-refractivity contribution in [3.8, 4) is 5.69 Å². The van der Waals surface area contributed by atoms with Crippen LogP contribution in [0.15, 0.2) is 75.6 Å². The predicted molar refractivity (Wildman–Crippen MR) is 136 cm³/mol. The topological polar surface area (TPSA) is 86.7 Å². The second kappa shape index (κ2) is 9.01. The van der Waals surface area contributed by atoms with Gasteiger partial charge in [-0.1, -0.05) is 71.9 Å². The number of benzene rings is 2. The maximum Gasteiger partial charge on any atom is 0.283 e. The number of halogens is 1. The molecule has 0 spiro atoms. The number of aliphatic imine (C=N–C) groups is 1. The second-order valence-electron chi connectivity index (χ2n) is 7.22. The summed E-state index contributed by atoms with van der Waals surface area (Å²) in [6.07, 6.45) is 1.59. The van der Waals surface area contributed by atoms with Crippen LogP contribution >= 0.6 is 35.3 Å². The number of fused-ring (bicyclic) bond motifs is 1. The summed E-state index contributed by atoms with van der Waals surface area (Å²) in [5.74, 6) is 0.224. The van der Waals surface area contributed by atoms with E-state index in [-0.39, 0.29) is 16.6 Å². The van der Waals surface area contributed by atoms with Gasteiger partial charge in [-0.25, -0.2) is 9.58 Å². The summed E-state index contributed by atoms with van der Waals surface area (Å²) in [6.45, 7) is 1.87. The summed E-state index contributed by atoms with van der Waals surface area (Å²) < 4.78 is 6.15. The van der Waals surface area contributed by atoms with Crippen molar-refractivity contribution in [1.82, 2.24) is 14.7 Å². The highest BCUT2D eigenvalue weighted by molar-refractivity contribution is 8.18. The van der Waals surface area contributed by atoms with Gasteiger partial charge in [0, 0.05) is 17.0 Å². The van der Waals surface area contributed by atoms with Gasteiger partial charge in [0.25, 0.3) is 5.91 Å². The normalized spacial score (nSPS) is 16.8. The molecule has 0 atom stereocenters. The summed E-state index contributed by atoms with van der Waals surface area (Å²) in [5.41, 5.74) is 3.49. The lowest BCUT2D eigenvalue weighted by molar-refractivity contribution is -0.114. The van der Waals surface area contributed by atoms with Crippen LogP contribution < -0.4 is 0 Å². The average molecular weight is 493 g/mol. The highest BCUT2D eigenvalue weighted by atomic mass is 35.5. The lowest BCUT2D eigenvalue weighted by Gasteiger charge is -2.24. The Kier molecular flexibility index (Phi) is 5.92. The largest absolute Gasteiger partial charge is 0.283 e. The van der Waals surface area contributed by atoms with Crippen molar-refractivity contribution >= 4 is 63.5 Å². The quantitative estimate of drug-likeness (QED) is 0.392. The third-order valence-electron chi connectivity index (χ3n) is 5.11. The second-order valence-corrected chi connectivity index (χ2v) is 9.25. The van der Waals surface area contributed by atoms with Crippen molar-refractivity contribution in [3.05, 3.63) is 88.2 Å². The van der Waals surface area contributed by atoms with E-state index in [1.165, 1.54) is 11.8 Å². The van der Waals surface area contributed by atoms with Crippen LogP contribution in [-0.2, 0) is 10.5 Å². The van der Waals surface area contributed by atoms with Gasteiger partial charge in [0.2, 0.25) is 5.17 Å². The molecule has 2 aliphatic rings. The monoisotopic (exact) mass is 492 g/mol. The molecule has 5 rings (SSSR count). The number of hydrogen-bond acceptors (Lipinski definition) is 6. The fourth-order valence-corrected chi connectivity index (χ4v) is 5.49. The Labute approximate surface area is 203 Å². The summed E-state index contributed by atoms with van der Waals surface area (Å²) in [5, 5.41) is 14.4. The molecule has 0 saturated heterocycles. The number of para-hydroxylation sites is 1. The zero-order valence-electron chi connectivity index (χ0n) is 17.4. The fourth-order valence-electron chi connectivity index (χ4n) is 3.43. The molecule has 3 aromatic rings. The molecule has 3 heterocycles. The van der Waals surface area contributed by atoms with Crippen molar-refractivity contribution in [1.29, 1.82) is 5.41 Å². The summed E-state index contributed by atoms with van der Waals surface area (Å²) >= 11 is 9.03. The first-order valence-electron chi connectivity index (χ1n) is 9.99. The number of carbonyl (C=O) groups excluding carboxylic acids is 1. The number of nitrogens with zero attached hydrogens (tertiary/aromatic N) is 5.